The van der Waals surface area contributed by atoms with Crippen molar-refractivity contribution in [3.05, 3.63) is 34.1 Å². The summed E-state index contributed by atoms with van der Waals surface area (Å²) < 4.78 is 0. The Hall–Kier alpha value is -1.45. The summed E-state index contributed by atoms with van der Waals surface area (Å²) in [7, 11) is 0. The van der Waals surface area contributed by atoms with Gasteiger partial charge in [-0.05, 0) is 25.3 Å². The summed E-state index contributed by atoms with van der Waals surface area (Å²) in [5.74, 6) is 0. The van der Waals surface area contributed by atoms with Gasteiger partial charge < -0.3 is 0 Å². The lowest BCUT2D eigenvalue weighted by Gasteiger charge is -2.10. The molecule has 0 bridgehead atoms. The van der Waals surface area contributed by atoms with E-state index in [4.69, 9.17) is 0 Å². The lowest BCUT2D eigenvalue weighted by molar-refractivity contribution is -0.386. The first-order chi connectivity index (χ1) is 6.69. The molecule has 2 rings (SSSR count). The zero-order valence-corrected chi connectivity index (χ0v) is 8.06. The van der Waals surface area contributed by atoms with Crippen molar-refractivity contribution in [3.8, 4) is 0 Å². The molecule has 74 valence electrons. The summed E-state index contributed by atoms with van der Waals surface area (Å²) in [4.78, 5) is 14.6. The van der Waals surface area contributed by atoms with Crippen LogP contribution in [0.5, 0.6) is 0 Å². The highest BCUT2D eigenvalue weighted by Gasteiger charge is 2.47. The van der Waals surface area contributed by atoms with Crippen LogP contribution in [0.15, 0.2) is 18.3 Å². The van der Waals surface area contributed by atoms with Crippen LogP contribution in [0.4, 0.5) is 5.69 Å². The Labute approximate surface area is 82.1 Å². The van der Waals surface area contributed by atoms with E-state index in [0.717, 1.165) is 19.3 Å². The Morgan fingerprint density at radius 3 is 2.86 bits per heavy atom. The van der Waals surface area contributed by atoms with Crippen LogP contribution in [0, 0.1) is 10.1 Å². The van der Waals surface area contributed by atoms with Gasteiger partial charge in [0.25, 0.3) is 5.69 Å². The second-order valence-electron chi connectivity index (χ2n) is 3.76. The van der Waals surface area contributed by atoms with Crippen molar-refractivity contribution in [1.29, 1.82) is 0 Å². The molecule has 4 nitrogen and oxygen atoms in total. The van der Waals surface area contributed by atoms with Gasteiger partial charge >= 0.3 is 0 Å². The fourth-order valence-electron chi connectivity index (χ4n) is 1.86. The molecule has 1 saturated carbocycles. The van der Waals surface area contributed by atoms with E-state index in [0.29, 0.717) is 5.69 Å². The Morgan fingerprint density at radius 2 is 2.36 bits per heavy atom. The van der Waals surface area contributed by atoms with Crippen LogP contribution in [0.3, 0.4) is 0 Å². The molecule has 0 N–H and O–H groups in total. The molecule has 4 heteroatoms. The number of hydrogen-bond acceptors (Lipinski definition) is 3. The van der Waals surface area contributed by atoms with Gasteiger partial charge in [0.1, 0.15) is 5.69 Å². The quantitative estimate of drug-likeness (QED) is 0.546. The van der Waals surface area contributed by atoms with Gasteiger partial charge in [-0.15, -0.1) is 0 Å². The number of nitrogens with zero attached hydrogens (tertiary/aromatic N) is 2. The minimum Gasteiger partial charge on any atom is -0.258 e. The van der Waals surface area contributed by atoms with Gasteiger partial charge in [-0.2, -0.15) is 0 Å². The summed E-state index contributed by atoms with van der Waals surface area (Å²) in [5.41, 5.74) is 0.850. The number of pyridine rings is 1. The van der Waals surface area contributed by atoms with Crippen LogP contribution in [0.1, 0.15) is 31.9 Å². The van der Waals surface area contributed by atoms with Crippen molar-refractivity contribution in [2.45, 2.75) is 31.6 Å². The average molecular weight is 192 g/mol. The Bertz CT molecular complexity index is 372. The molecule has 0 radical (unpaired) electrons. The van der Waals surface area contributed by atoms with E-state index in [1.807, 2.05) is 0 Å². The van der Waals surface area contributed by atoms with Gasteiger partial charge in [-0.25, -0.2) is 0 Å². The molecule has 0 unspecified atom stereocenters. The lowest BCUT2D eigenvalue weighted by Crippen LogP contribution is -2.10. The minimum absolute atomic E-state index is 0.00363. The fraction of sp³-hybridized carbons (Fsp3) is 0.500. The highest BCUT2D eigenvalue weighted by Crippen LogP contribution is 2.52. The van der Waals surface area contributed by atoms with E-state index in [-0.39, 0.29) is 16.0 Å². The van der Waals surface area contributed by atoms with E-state index in [1.54, 1.807) is 12.3 Å². The third-order valence-corrected chi connectivity index (χ3v) is 3.02. The molecule has 0 atom stereocenters. The number of rotatable bonds is 3. The third kappa shape index (κ3) is 1.27. The molecule has 0 spiro atoms. The lowest BCUT2D eigenvalue weighted by atomic mass is 9.97. The summed E-state index contributed by atoms with van der Waals surface area (Å²) in [6.07, 6.45) is 4.63. The molecule has 0 aliphatic heterocycles. The second-order valence-corrected chi connectivity index (χ2v) is 3.76. The maximum atomic E-state index is 10.8. The van der Waals surface area contributed by atoms with Gasteiger partial charge in [0.05, 0.1) is 4.92 Å². The topological polar surface area (TPSA) is 56.0 Å². The summed E-state index contributed by atoms with van der Waals surface area (Å²) in [6.45, 7) is 2.06. The first-order valence-corrected chi connectivity index (χ1v) is 4.79. The van der Waals surface area contributed by atoms with Gasteiger partial charge in [0.15, 0.2) is 0 Å². The predicted molar refractivity (Wildman–Crippen MR) is 52.1 cm³/mol. The van der Waals surface area contributed by atoms with Crippen LogP contribution < -0.4 is 0 Å². The van der Waals surface area contributed by atoms with Crippen molar-refractivity contribution in [2.24, 2.45) is 0 Å². The summed E-state index contributed by atoms with van der Waals surface area (Å²) >= 11 is 0. The van der Waals surface area contributed by atoms with Crippen molar-refractivity contribution >= 4 is 5.69 Å². The third-order valence-electron chi connectivity index (χ3n) is 3.02. The van der Waals surface area contributed by atoms with Gasteiger partial charge in [0, 0.05) is 17.7 Å². The maximum Gasteiger partial charge on any atom is 0.291 e. The van der Waals surface area contributed by atoms with Crippen LogP contribution in [-0.4, -0.2) is 9.91 Å². The van der Waals surface area contributed by atoms with Crippen molar-refractivity contribution < 1.29 is 4.92 Å². The fourth-order valence-corrected chi connectivity index (χ4v) is 1.86. The average Bonchev–Trinajstić information content (AvgIpc) is 2.98. The smallest absolute Gasteiger partial charge is 0.258 e. The molecule has 1 heterocycles. The second kappa shape index (κ2) is 3.04. The molecule has 0 aromatic carbocycles. The van der Waals surface area contributed by atoms with Gasteiger partial charge in [0.2, 0.25) is 0 Å². The maximum absolute atomic E-state index is 10.8. The number of hydrogen-bond donors (Lipinski definition) is 0. The van der Waals surface area contributed by atoms with E-state index in [9.17, 15) is 10.1 Å². The normalized spacial score (nSPS) is 17.8. The van der Waals surface area contributed by atoms with E-state index < -0.39 is 0 Å². The van der Waals surface area contributed by atoms with Gasteiger partial charge in [-0.1, -0.05) is 6.92 Å². The zero-order valence-electron chi connectivity index (χ0n) is 8.06. The number of aromatic nitrogens is 1. The van der Waals surface area contributed by atoms with Crippen LogP contribution in [0.2, 0.25) is 0 Å². The molecule has 1 aliphatic carbocycles. The SMILES string of the molecule is CCC1(c2ncccc2[N+](=O)[O-])CC1. The van der Waals surface area contributed by atoms with Gasteiger partial charge in [-0.3, -0.25) is 15.1 Å². The zero-order chi connectivity index (χ0) is 10.2. The largest absolute Gasteiger partial charge is 0.291 e. The molecule has 0 amide bonds. The van der Waals surface area contributed by atoms with Crippen molar-refractivity contribution in [1.82, 2.24) is 4.98 Å². The van der Waals surface area contributed by atoms with Crippen LogP contribution in [0.25, 0.3) is 0 Å². The van der Waals surface area contributed by atoms with Crippen LogP contribution >= 0.6 is 0 Å². The Balaban J connectivity index is 2.47. The predicted octanol–water partition coefficient (Wildman–Crippen LogP) is 2.43. The van der Waals surface area contributed by atoms with E-state index in [1.165, 1.54) is 6.07 Å². The highest BCUT2D eigenvalue weighted by molar-refractivity contribution is 5.42. The van der Waals surface area contributed by atoms with E-state index >= 15 is 0 Å². The molecule has 1 aromatic rings. The standard InChI is InChI=1S/C10H12N2O2/c1-2-10(5-6-10)9-8(12(13)14)4-3-7-11-9/h3-4,7H,2,5-6H2,1H3. The highest BCUT2D eigenvalue weighted by atomic mass is 16.6. The molecular formula is C10H12N2O2. The van der Waals surface area contributed by atoms with Crippen molar-refractivity contribution in [3.63, 3.8) is 0 Å². The molecule has 0 saturated heterocycles. The van der Waals surface area contributed by atoms with Crippen molar-refractivity contribution in [2.75, 3.05) is 0 Å². The Kier molecular flexibility index (Phi) is 1.98. The molecule has 14 heavy (non-hydrogen) atoms. The monoisotopic (exact) mass is 192 g/mol. The first-order valence-electron chi connectivity index (χ1n) is 4.79. The van der Waals surface area contributed by atoms with E-state index in [2.05, 4.69) is 11.9 Å². The summed E-state index contributed by atoms with van der Waals surface area (Å²) in [6, 6.07) is 3.16. The van der Waals surface area contributed by atoms with Crippen LogP contribution in [-0.2, 0) is 5.41 Å². The summed E-state index contributed by atoms with van der Waals surface area (Å²) in [5, 5.41) is 10.8. The Morgan fingerprint density at radius 1 is 1.64 bits per heavy atom. The molecular weight excluding hydrogens is 180 g/mol. The molecule has 1 aromatic heterocycles. The minimum atomic E-state index is -0.335. The first kappa shape index (κ1) is 9.12. The number of nitro groups is 1. The molecule has 1 fully saturated rings. The molecule has 1 aliphatic rings.